The van der Waals surface area contributed by atoms with E-state index in [1.165, 1.54) is 23.7 Å². The van der Waals surface area contributed by atoms with Crippen LogP contribution in [0.15, 0.2) is 0 Å². The third kappa shape index (κ3) is 0.466. The van der Waals surface area contributed by atoms with E-state index in [2.05, 4.69) is 6.92 Å². The monoisotopic (exact) mass is 136 g/mol. The largest absolute Gasteiger partial charge is 0.0622 e. The Labute approximate surface area is 63.0 Å². The first-order valence-corrected chi connectivity index (χ1v) is 4.86. The lowest BCUT2D eigenvalue weighted by atomic mass is 9.63. The van der Waals surface area contributed by atoms with Crippen LogP contribution in [0.1, 0.15) is 32.6 Å². The SMILES string of the molecule is CC1CC2CC1C1CCC21. The second-order valence-corrected chi connectivity index (χ2v) is 4.78. The first-order valence-electron chi connectivity index (χ1n) is 4.86. The first-order chi connectivity index (χ1) is 4.86. The van der Waals surface area contributed by atoms with Gasteiger partial charge in [-0.25, -0.2) is 0 Å². The summed E-state index contributed by atoms with van der Waals surface area (Å²) in [6.45, 7) is 2.47. The summed E-state index contributed by atoms with van der Waals surface area (Å²) in [5.41, 5.74) is 0. The van der Waals surface area contributed by atoms with Crippen molar-refractivity contribution in [3.8, 4) is 0 Å². The minimum atomic E-state index is 1.09. The Morgan fingerprint density at radius 2 is 1.70 bits per heavy atom. The predicted molar refractivity (Wildman–Crippen MR) is 41.6 cm³/mol. The lowest BCUT2D eigenvalue weighted by Crippen LogP contribution is -2.34. The zero-order valence-electron chi connectivity index (χ0n) is 6.72. The van der Waals surface area contributed by atoms with Crippen LogP contribution in [0.2, 0.25) is 0 Å². The summed E-state index contributed by atoms with van der Waals surface area (Å²) in [6, 6.07) is 0. The summed E-state index contributed by atoms with van der Waals surface area (Å²) in [4.78, 5) is 0. The highest BCUT2D eigenvalue weighted by Gasteiger charge is 2.54. The van der Waals surface area contributed by atoms with Gasteiger partial charge in [0.05, 0.1) is 0 Å². The fourth-order valence-electron chi connectivity index (χ4n) is 3.95. The molecule has 56 valence electrons. The molecule has 0 heteroatoms. The van der Waals surface area contributed by atoms with Crippen molar-refractivity contribution < 1.29 is 0 Å². The Kier molecular flexibility index (Phi) is 0.898. The van der Waals surface area contributed by atoms with E-state index < -0.39 is 0 Å². The van der Waals surface area contributed by atoms with Gasteiger partial charge in [-0.3, -0.25) is 0 Å². The van der Waals surface area contributed by atoms with Gasteiger partial charge in [0, 0.05) is 0 Å². The molecule has 0 aliphatic heterocycles. The smallest absolute Gasteiger partial charge is 0.0352 e. The van der Waals surface area contributed by atoms with Crippen LogP contribution in [0.4, 0.5) is 0 Å². The molecule has 3 aliphatic rings. The van der Waals surface area contributed by atoms with Gasteiger partial charge < -0.3 is 0 Å². The maximum atomic E-state index is 2.47. The second kappa shape index (κ2) is 1.60. The molecule has 0 spiro atoms. The number of hydrogen-bond acceptors (Lipinski definition) is 0. The Morgan fingerprint density at radius 1 is 0.900 bits per heavy atom. The van der Waals surface area contributed by atoms with Gasteiger partial charge in [0.1, 0.15) is 0 Å². The number of rotatable bonds is 0. The van der Waals surface area contributed by atoms with E-state index in [1.54, 1.807) is 25.7 Å². The Morgan fingerprint density at radius 3 is 2.20 bits per heavy atom. The maximum absolute atomic E-state index is 2.47. The Balaban J connectivity index is 1.91. The van der Waals surface area contributed by atoms with E-state index in [4.69, 9.17) is 0 Å². The highest BCUT2D eigenvalue weighted by atomic mass is 14.6. The van der Waals surface area contributed by atoms with E-state index in [9.17, 15) is 0 Å². The van der Waals surface area contributed by atoms with Crippen LogP contribution in [0.3, 0.4) is 0 Å². The van der Waals surface area contributed by atoms with Crippen LogP contribution in [-0.2, 0) is 0 Å². The van der Waals surface area contributed by atoms with Crippen LogP contribution in [-0.4, -0.2) is 0 Å². The predicted octanol–water partition coefficient (Wildman–Crippen LogP) is 2.69. The van der Waals surface area contributed by atoms with Crippen molar-refractivity contribution in [2.24, 2.45) is 29.6 Å². The second-order valence-electron chi connectivity index (χ2n) is 4.78. The molecule has 0 radical (unpaired) electrons. The molecule has 0 heterocycles. The summed E-state index contributed by atoms with van der Waals surface area (Å²) < 4.78 is 0. The maximum Gasteiger partial charge on any atom is -0.0352 e. The molecule has 3 aliphatic carbocycles. The average molecular weight is 136 g/mol. The molecule has 3 fully saturated rings. The van der Waals surface area contributed by atoms with Gasteiger partial charge in [-0.15, -0.1) is 0 Å². The van der Waals surface area contributed by atoms with E-state index in [-0.39, 0.29) is 0 Å². The summed E-state index contributed by atoms with van der Waals surface area (Å²) >= 11 is 0. The molecule has 5 unspecified atom stereocenters. The van der Waals surface area contributed by atoms with Gasteiger partial charge in [-0.2, -0.15) is 0 Å². The minimum Gasteiger partial charge on any atom is -0.0622 e. The standard InChI is InChI=1S/C10H16/c1-6-4-7-5-10(6)9-3-2-8(7)9/h6-10H,2-5H2,1H3. The topological polar surface area (TPSA) is 0 Å². The molecule has 0 amide bonds. The van der Waals surface area contributed by atoms with Crippen molar-refractivity contribution in [2.45, 2.75) is 32.6 Å². The van der Waals surface area contributed by atoms with Gasteiger partial charge in [0.25, 0.3) is 0 Å². The van der Waals surface area contributed by atoms with Gasteiger partial charge in [0.2, 0.25) is 0 Å². The van der Waals surface area contributed by atoms with Crippen molar-refractivity contribution in [2.75, 3.05) is 0 Å². The number of fused-ring (bicyclic) bond motifs is 5. The van der Waals surface area contributed by atoms with Crippen LogP contribution < -0.4 is 0 Å². The van der Waals surface area contributed by atoms with Gasteiger partial charge in [0.15, 0.2) is 0 Å². The molecule has 0 saturated heterocycles. The molecule has 0 N–H and O–H groups in total. The molecule has 0 aromatic rings. The molecule has 0 aromatic carbocycles. The highest BCUT2D eigenvalue weighted by Crippen LogP contribution is 2.62. The molecule has 5 atom stereocenters. The van der Waals surface area contributed by atoms with Crippen molar-refractivity contribution in [3.05, 3.63) is 0 Å². The van der Waals surface area contributed by atoms with Crippen molar-refractivity contribution in [1.29, 1.82) is 0 Å². The van der Waals surface area contributed by atoms with Crippen molar-refractivity contribution in [1.82, 2.24) is 0 Å². The fraction of sp³-hybridized carbons (Fsp3) is 1.00. The average Bonchev–Trinajstić information content (AvgIpc) is 2.17. The zero-order valence-corrected chi connectivity index (χ0v) is 6.72. The summed E-state index contributed by atoms with van der Waals surface area (Å²) in [7, 11) is 0. The molecular formula is C10H16. The molecule has 0 nitrogen and oxygen atoms in total. The van der Waals surface area contributed by atoms with Crippen LogP contribution in [0.5, 0.6) is 0 Å². The number of hydrogen-bond donors (Lipinski definition) is 0. The van der Waals surface area contributed by atoms with Gasteiger partial charge >= 0.3 is 0 Å². The summed E-state index contributed by atoms with van der Waals surface area (Å²) in [6.07, 6.45) is 6.34. The van der Waals surface area contributed by atoms with E-state index in [0.717, 1.165) is 5.92 Å². The normalized spacial score (nSPS) is 63.9. The van der Waals surface area contributed by atoms with Crippen LogP contribution in [0, 0.1) is 29.6 Å². The molecule has 3 saturated carbocycles. The summed E-state index contributed by atoms with van der Waals surface area (Å²) in [5.74, 6) is 5.85. The lowest BCUT2D eigenvalue weighted by molar-refractivity contribution is 0.0721. The van der Waals surface area contributed by atoms with Crippen LogP contribution in [0.25, 0.3) is 0 Å². The van der Waals surface area contributed by atoms with E-state index >= 15 is 0 Å². The van der Waals surface area contributed by atoms with Crippen molar-refractivity contribution in [3.63, 3.8) is 0 Å². The zero-order chi connectivity index (χ0) is 6.72. The van der Waals surface area contributed by atoms with Gasteiger partial charge in [-0.1, -0.05) is 6.92 Å². The molecule has 0 aromatic heterocycles. The van der Waals surface area contributed by atoms with E-state index in [1.807, 2.05) is 0 Å². The third-order valence-electron chi connectivity index (χ3n) is 4.52. The molecule has 3 rings (SSSR count). The van der Waals surface area contributed by atoms with Crippen molar-refractivity contribution >= 4 is 0 Å². The third-order valence-corrected chi connectivity index (χ3v) is 4.52. The van der Waals surface area contributed by atoms with Gasteiger partial charge in [-0.05, 0) is 55.3 Å². The molecule has 10 heavy (non-hydrogen) atoms. The molecular weight excluding hydrogens is 120 g/mol. The van der Waals surface area contributed by atoms with Crippen LogP contribution >= 0.6 is 0 Å². The highest BCUT2D eigenvalue weighted by molar-refractivity contribution is 5.03. The summed E-state index contributed by atoms with van der Waals surface area (Å²) in [5, 5.41) is 0. The molecule has 2 bridgehead atoms. The lowest BCUT2D eigenvalue weighted by Gasteiger charge is -2.42. The Bertz CT molecular complexity index is 159. The minimum absolute atomic E-state index is 1.09. The quantitative estimate of drug-likeness (QED) is 0.480. The first kappa shape index (κ1) is 5.62. The van der Waals surface area contributed by atoms with E-state index in [0.29, 0.717) is 0 Å². The fourth-order valence-corrected chi connectivity index (χ4v) is 3.95. The Hall–Kier alpha value is 0.